The van der Waals surface area contributed by atoms with E-state index in [-0.39, 0.29) is 28.5 Å². The van der Waals surface area contributed by atoms with Crippen LogP contribution in [0.1, 0.15) is 25.3 Å². The number of hydrogen-bond donors (Lipinski definition) is 2. The number of sulfonamides is 1. The first-order chi connectivity index (χ1) is 11.7. The molecule has 0 unspecified atom stereocenters. The molecule has 25 heavy (non-hydrogen) atoms. The Kier molecular flexibility index (Phi) is 6.31. The Morgan fingerprint density at radius 1 is 1.44 bits per heavy atom. The first-order valence-electron chi connectivity index (χ1n) is 8.00. The maximum Gasteiger partial charge on any atom is 0.317 e. The molecule has 7 nitrogen and oxygen atoms in total. The van der Waals surface area contributed by atoms with E-state index in [9.17, 15) is 13.2 Å². The summed E-state index contributed by atoms with van der Waals surface area (Å²) in [6.45, 7) is 4.16. The van der Waals surface area contributed by atoms with Gasteiger partial charge in [-0.25, -0.2) is 13.1 Å². The van der Waals surface area contributed by atoms with Gasteiger partial charge >= 0.3 is 5.97 Å². The van der Waals surface area contributed by atoms with Crippen molar-refractivity contribution >= 4 is 27.6 Å². The third-order valence-corrected chi connectivity index (χ3v) is 6.39. The molecule has 0 saturated heterocycles. The lowest BCUT2D eigenvalue weighted by Gasteiger charge is -2.42. The van der Waals surface area contributed by atoms with Crippen molar-refractivity contribution in [3.8, 4) is 5.75 Å². The van der Waals surface area contributed by atoms with Gasteiger partial charge in [-0.15, -0.1) is 0 Å². The molecule has 0 aliphatic heterocycles. The van der Waals surface area contributed by atoms with E-state index in [1.165, 1.54) is 13.2 Å². The zero-order valence-electron chi connectivity index (χ0n) is 14.5. The highest BCUT2D eigenvalue weighted by molar-refractivity contribution is 7.89. The van der Waals surface area contributed by atoms with Crippen LogP contribution in [0.3, 0.4) is 0 Å². The number of carboxylic acid groups (broad SMARTS) is 1. The molecular weight excluding hydrogens is 368 g/mol. The maximum atomic E-state index is 12.6. The Labute approximate surface area is 153 Å². The predicted octanol–water partition coefficient (Wildman–Crippen LogP) is 1.87. The summed E-state index contributed by atoms with van der Waals surface area (Å²) in [6.07, 6.45) is 1.17. The van der Waals surface area contributed by atoms with Crippen LogP contribution < -0.4 is 9.46 Å². The van der Waals surface area contributed by atoms with Crippen molar-refractivity contribution in [2.45, 2.75) is 43.7 Å². The molecule has 1 saturated carbocycles. The van der Waals surface area contributed by atoms with E-state index < -0.39 is 16.0 Å². The minimum atomic E-state index is -3.70. The second-order valence-electron chi connectivity index (χ2n) is 6.15. The lowest BCUT2D eigenvalue weighted by Crippen LogP contribution is -2.54. The van der Waals surface area contributed by atoms with Gasteiger partial charge in [0.2, 0.25) is 10.0 Å². The lowest BCUT2D eigenvalue weighted by molar-refractivity contribution is -0.139. The first-order valence-corrected chi connectivity index (χ1v) is 9.86. The van der Waals surface area contributed by atoms with E-state index in [0.29, 0.717) is 30.7 Å². The number of halogens is 1. The average Bonchev–Trinajstić information content (AvgIpc) is 2.50. The Balaban J connectivity index is 2.04. The number of rotatable bonds is 8. The predicted molar refractivity (Wildman–Crippen MR) is 94.8 cm³/mol. The minimum absolute atomic E-state index is 0.0339. The zero-order valence-corrected chi connectivity index (χ0v) is 16.0. The Morgan fingerprint density at radius 3 is 2.60 bits per heavy atom. The minimum Gasteiger partial charge on any atom is -0.495 e. The van der Waals surface area contributed by atoms with Crippen molar-refractivity contribution in [2.24, 2.45) is 0 Å². The van der Waals surface area contributed by atoms with Crippen LogP contribution in [-0.2, 0) is 14.8 Å². The van der Waals surface area contributed by atoms with Gasteiger partial charge in [-0.3, -0.25) is 9.69 Å². The molecule has 0 bridgehead atoms. The Hall–Kier alpha value is -1.35. The van der Waals surface area contributed by atoms with E-state index in [4.69, 9.17) is 21.4 Å². The fourth-order valence-corrected chi connectivity index (χ4v) is 4.84. The van der Waals surface area contributed by atoms with Gasteiger partial charge in [0.1, 0.15) is 5.75 Å². The SMILES string of the molecule is CCN(CC(=O)O)C1CC(NS(=O)(=O)c2cc(Cl)c(OC)cc2C)C1. The Morgan fingerprint density at radius 2 is 2.08 bits per heavy atom. The highest BCUT2D eigenvalue weighted by Crippen LogP contribution is 2.32. The molecule has 2 rings (SSSR count). The molecule has 9 heteroatoms. The number of hydrogen-bond acceptors (Lipinski definition) is 5. The van der Waals surface area contributed by atoms with Crippen LogP contribution in [-0.4, -0.2) is 56.7 Å². The van der Waals surface area contributed by atoms with Crippen molar-refractivity contribution in [1.82, 2.24) is 9.62 Å². The number of ether oxygens (including phenoxy) is 1. The summed E-state index contributed by atoms with van der Waals surface area (Å²) in [4.78, 5) is 12.8. The average molecular weight is 391 g/mol. The molecular formula is C16H23ClN2O5S. The van der Waals surface area contributed by atoms with Crippen molar-refractivity contribution in [2.75, 3.05) is 20.2 Å². The zero-order chi connectivity index (χ0) is 18.8. The smallest absolute Gasteiger partial charge is 0.317 e. The molecule has 1 aromatic rings. The Bertz CT molecular complexity index is 747. The van der Waals surface area contributed by atoms with Crippen LogP contribution in [0.2, 0.25) is 5.02 Å². The van der Waals surface area contributed by atoms with Crippen molar-refractivity contribution in [3.05, 3.63) is 22.7 Å². The molecule has 2 N–H and O–H groups in total. The van der Waals surface area contributed by atoms with Crippen LogP contribution in [0.4, 0.5) is 0 Å². The van der Waals surface area contributed by atoms with Gasteiger partial charge in [0.25, 0.3) is 0 Å². The fourth-order valence-electron chi connectivity index (χ4n) is 3.02. The van der Waals surface area contributed by atoms with Gasteiger partial charge in [0, 0.05) is 12.1 Å². The molecule has 1 aromatic carbocycles. The molecule has 140 valence electrons. The quantitative estimate of drug-likeness (QED) is 0.703. The van der Waals surface area contributed by atoms with E-state index in [1.807, 2.05) is 11.8 Å². The van der Waals surface area contributed by atoms with Gasteiger partial charge in [-0.05, 0) is 44.0 Å². The second-order valence-corrected chi connectivity index (χ2v) is 8.24. The van der Waals surface area contributed by atoms with E-state index >= 15 is 0 Å². The summed E-state index contributed by atoms with van der Waals surface area (Å²) in [7, 11) is -2.23. The molecule has 0 amide bonds. The summed E-state index contributed by atoms with van der Waals surface area (Å²) in [5, 5.41) is 9.14. The van der Waals surface area contributed by atoms with Crippen molar-refractivity contribution in [3.63, 3.8) is 0 Å². The highest BCUT2D eigenvalue weighted by Gasteiger charge is 2.36. The van der Waals surface area contributed by atoms with E-state index in [0.717, 1.165) is 0 Å². The standard InChI is InChI=1S/C16H23ClN2O5S/c1-4-19(9-16(20)21)12-6-11(7-12)18-25(22,23)15-8-13(17)14(24-3)5-10(15)2/h5,8,11-12,18H,4,6-7,9H2,1-3H3,(H,20,21). The molecule has 1 aliphatic carbocycles. The summed E-state index contributed by atoms with van der Waals surface area (Å²) in [6, 6.07) is 2.84. The normalized spacial score (nSPS) is 20.4. The van der Waals surface area contributed by atoms with Crippen molar-refractivity contribution in [1.29, 1.82) is 0 Å². The summed E-state index contributed by atoms with van der Waals surface area (Å²) >= 11 is 6.04. The molecule has 0 aromatic heterocycles. The number of aliphatic carboxylic acids is 1. The number of benzene rings is 1. The monoisotopic (exact) mass is 390 g/mol. The van der Waals surface area contributed by atoms with Gasteiger partial charge in [-0.1, -0.05) is 18.5 Å². The fraction of sp³-hybridized carbons (Fsp3) is 0.562. The molecule has 0 radical (unpaired) electrons. The molecule has 0 spiro atoms. The summed E-state index contributed by atoms with van der Waals surface area (Å²) < 4.78 is 33.0. The third-order valence-electron chi connectivity index (χ3n) is 4.43. The number of carboxylic acids is 1. The molecule has 0 heterocycles. The molecule has 1 aliphatic rings. The van der Waals surface area contributed by atoms with Crippen LogP contribution in [0, 0.1) is 6.92 Å². The molecule has 1 fully saturated rings. The topological polar surface area (TPSA) is 95.9 Å². The van der Waals surface area contributed by atoms with Gasteiger partial charge in [0.05, 0.1) is 23.6 Å². The van der Waals surface area contributed by atoms with Crippen LogP contribution in [0.25, 0.3) is 0 Å². The second kappa shape index (κ2) is 7.90. The van der Waals surface area contributed by atoms with E-state index in [2.05, 4.69) is 4.72 Å². The summed E-state index contributed by atoms with van der Waals surface area (Å²) in [5.41, 5.74) is 0.547. The number of aryl methyl sites for hydroxylation is 1. The van der Waals surface area contributed by atoms with Crippen LogP contribution in [0.5, 0.6) is 5.75 Å². The van der Waals surface area contributed by atoms with Gasteiger partial charge in [0.15, 0.2) is 0 Å². The van der Waals surface area contributed by atoms with E-state index in [1.54, 1.807) is 13.0 Å². The van der Waals surface area contributed by atoms with Crippen molar-refractivity contribution < 1.29 is 23.1 Å². The summed E-state index contributed by atoms with van der Waals surface area (Å²) in [5.74, 6) is -0.455. The largest absolute Gasteiger partial charge is 0.495 e. The third kappa shape index (κ3) is 4.63. The first kappa shape index (κ1) is 20.0. The van der Waals surface area contributed by atoms with Crippen LogP contribution in [0.15, 0.2) is 17.0 Å². The molecule has 0 atom stereocenters. The maximum absolute atomic E-state index is 12.6. The lowest BCUT2D eigenvalue weighted by atomic mass is 9.86. The van der Waals surface area contributed by atoms with Gasteiger partial charge < -0.3 is 9.84 Å². The number of likely N-dealkylation sites (N-methyl/N-ethyl adjacent to an activating group) is 1. The number of carbonyl (C=O) groups is 1. The van der Waals surface area contributed by atoms with Crippen LogP contribution >= 0.6 is 11.6 Å². The number of nitrogens with zero attached hydrogens (tertiary/aromatic N) is 1. The highest BCUT2D eigenvalue weighted by atomic mass is 35.5. The number of nitrogens with one attached hydrogen (secondary N) is 1. The van der Waals surface area contributed by atoms with Gasteiger partial charge in [-0.2, -0.15) is 0 Å². The number of methoxy groups -OCH3 is 1.